The number of nitrogens with zero attached hydrogens (tertiary/aromatic N) is 3. The smallest absolute Gasteiger partial charge is 0.279 e. The summed E-state index contributed by atoms with van der Waals surface area (Å²) in [7, 11) is -1.89. The van der Waals surface area contributed by atoms with Crippen molar-refractivity contribution in [2.24, 2.45) is 0 Å². The van der Waals surface area contributed by atoms with Gasteiger partial charge in [0.05, 0.1) is 12.2 Å². The van der Waals surface area contributed by atoms with Crippen LogP contribution >= 0.6 is 0 Å². The first-order valence-electron chi connectivity index (χ1n) is 6.23. The van der Waals surface area contributed by atoms with Crippen LogP contribution in [0.2, 0.25) is 0 Å². The minimum atomic E-state index is -3.45. The van der Waals surface area contributed by atoms with Crippen LogP contribution in [0.4, 0.5) is 0 Å². The first-order chi connectivity index (χ1) is 9.06. The summed E-state index contributed by atoms with van der Waals surface area (Å²) in [4.78, 5) is 7.74. The lowest BCUT2D eigenvalue weighted by Gasteiger charge is -2.17. The van der Waals surface area contributed by atoms with E-state index in [1.807, 2.05) is 6.92 Å². The zero-order valence-electron chi connectivity index (χ0n) is 11.3. The standard InChI is InChI=1S/C11H21N5O2S/c1-3-12-6-4-8-16(2)19(17,18)15-9-11-5-7-13-10-14-11/h5,7,10,12,15H,3-4,6,8-9H2,1-2H3. The Hall–Kier alpha value is -1.09. The summed E-state index contributed by atoms with van der Waals surface area (Å²) in [6, 6.07) is 1.67. The minimum absolute atomic E-state index is 0.169. The molecule has 0 spiro atoms. The van der Waals surface area contributed by atoms with Gasteiger partial charge in [-0.1, -0.05) is 6.92 Å². The Kier molecular flexibility index (Phi) is 6.85. The van der Waals surface area contributed by atoms with Crippen molar-refractivity contribution in [3.8, 4) is 0 Å². The average Bonchev–Trinajstić information content (AvgIpc) is 2.42. The van der Waals surface area contributed by atoms with E-state index < -0.39 is 10.2 Å². The molecule has 0 saturated heterocycles. The Balaban J connectivity index is 2.38. The summed E-state index contributed by atoms with van der Waals surface area (Å²) in [6.07, 6.45) is 3.75. The zero-order valence-corrected chi connectivity index (χ0v) is 12.2. The van der Waals surface area contributed by atoms with Crippen molar-refractivity contribution >= 4 is 10.2 Å². The van der Waals surface area contributed by atoms with Crippen molar-refractivity contribution < 1.29 is 8.42 Å². The third-order valence-electron chi connectivity index (χ3n) is 2.57. The highest BCUT2D eigenvalue weighted by Crippen LogP contribution is 1.98. The number of hydrogen-bond acceptors (Lipinski definition) is 5. The molecule has 0 unspecified atom stereocenters. The Morgan fingerprint density at radius 2 is 2.21 bits per heavy atom. The van der Waals surface area contributed by atoms with Gasteiger partial charge in [0.25, 0.3) is 10.2 Å². The van der Waals surface area contributed by atoms with E-state index in [9.17, 15) is 8.42 Å². The molecule has 0 atom stereocenters. The van der Waals surface area contributed by atoms with Crippen molar-refractivity contribution in [1.29, 1.82) is 0 Å². The predicted octanol–water partition coefficient (Wildman–Crippen LogP) is -0.258. The van der Waals surface area contributed by atoms with Crippen LogP contribution in [0.1, 0.15) is 19.0 Å². The Labute approximate surface area is 114 Å². The lowest BCUT2D eigenvalue weighted by molar-refractivity contribution is 0.445. The molecule has 0 fully saturated rings. The highest BCUT2D eigenvalue weighted by molar-refractivity contribution is 7.87. The lowest BCUT2D eigenvalue weighted by Crippen LogP contribution is -2.39. The SMILES string of the molecule is CCNCCCN(C)S(=O)(=O)NCc1ccncn1. The normalized spacial score (nSPS) is 11.9. The van der Waals surface area contributed by atoms with Crippen molar-refractivity contribution in [2.45, 2.75) is 19.9 Å². The van der Waals surface area contributed by atoms with Gasteiger partial charge in [-0.05, 0) is 25.6 Å². The summed E-state index contributed by atoms with van der Waals surface area (Å²) in [5, 5.41) is 3.15. The van der Waals surface area contributed by atoms with Crippen molar-refractivity contribution in [2.75, 3.05) is 26.7 Å². The van der Waals surface area contributed by atoms with E-state index >= 15 is 0 Å². The number of rotatable bonds is 9. The van der Waals surface area contributed by atoms with Crippen LogP contribution < -0.4 is 10.0 Å². The highest BCUT2D eigenvalue weighted by Gasteiger charge is 2.16. The fourth-order valence-electron chi connectivity index (χ4n) is 1.42. The van der Waals surface area contributed by atoms with Crippen LogP contribution in [-0.2, 0) is 16.8 Å². The van der Waals surface area contributed by atoms with Gasteiger partial charge in [-0.25, -0.2) is 9.97 Å². The van der Waals surface area contributed by atoms with Crippen LogP contribution in [0.25, 0.3) is 0 Å². The molecule has 1 aromatic heterocycles. The van der Waals surface area contributed by atoms with Crippen molar-refractivity contribution in [3.63, 3.8) is 0 Å². The second kappa shape index (κ2) is 8.16. The van der Waals surface area contributed by atoms with Gasteiger partial charge < -0.3 is 5.32 Å². The van der Waals surface area contributed by atoms with E-state index in [1.165, 1.54) is 10.6 Å². The summed E-state index contributed by atoms with van der Waals surface area (Å²) >= 11 is 0. The first kappa shape index (κ1) is 16.0. The first-order valence-corrected chi connectivity index (χ1v) is 7.67. The monoisotopic (exact) mass is 287 g/mol. The minimum Gasteiger partial charge on any atom is -0.317 e. The predicted molar refractivity (Wildman–Crippen MR) is 73.6 cm³/mol. The molecule has 0 aromatic carbocycles. The molecular weight excluding hydrogens is 266 g/mol. The van der Waals surface area contributed by atoms with Gasteiger partial charge in [-0.2, -0.15) is 17.4 Å². The quantitative estimate of drug-likeness (QED) is 0.611. The second-order valence-corrected chi connectivity index (χ2v) is 5.92. The molecule has 0 amide bonds. The molecule has 1 rings (SSSR count). The van der Waals surface area contributed by atoms with E-state index in [2.05, 4.69) is 20.0 Å². The maximum atomic E-state index is 11.9. The van der Waals surface area contributed by atoms with Crippen molar-refractivity contribution in [3.05, 3.63) is 24.3 Å². The molecular formula is C11H21N5O2S. The molecule has 7 nitrogen and oxygen atoms in total. The highest BCUT2D eigenvalue weighted by atomic mass is 32.2. The number of nitrogens with one attached hydrogen (secondary N) is 2. The third kappa shape index (κ3) is 6.06. The van der Waals surface area contributed by atoms with Crippen LogP contribution in [-0.4, -0.2) is 49.4 Å². The molecule has 0 saturated carbocycles. The molecule has 0 aliphatic heterocycles. The van der Waals surface area contributed by atoms with E-state index in [0.29, 0.717) is 12.2 Å². The van der Waals surface area contributed by atoms with Crippen LogP contribution in [0.5, 0.6) is 0 Å². The van der Waals surface area contributed by atoms with Crippen molar-refractivity contribution in [1.82, 2.24) is 24.3 Å². The number of aromatic nitrogens is 2. The fraction of sp³-hybridized carbons (Fsp3) is 0.636. The van der Waals surface area contributed by atoms with Gasteiger partial charge in [0, 0.05) is 19.8 Å². The van der Waals surface area contributed by atoms with Gasteiger partial charge in [0.1, 0.15) is 6.33 Å². The fourth-order valence-corrected chi connectivity index (χ4v) is 2.34. The maximum absolute atomic E-state index is 11.9. The molecule has 8 heteroatoms. The van der Waals surface area contributed by atoms with Crippen LogP contribution in [0.3, 0.4) is 0 Å². The topological polar surface area (TPSA) is 87.2 Å². The lowest BCUT2D eigenvalue weighted by atomic mass is 10.4. The van der Waals surface area contributed by atoms with E-state index in [-0.39, 0.29) is 6.54 Å². The Bertz CT molecular complexity index is 451. The number of hydrogen-bond donors (Lipinski definition) is 2. The molecule has 19 heavy (non-hydrogen) atoms. The molecule has 2 N–H and O–H groups in total. The van der Waals surface area contributed by atoms with Crippen LogP contribution in [0.15, 0.2) is 18.6 Å². The molecule has 0 bridgehead atoms. The maximum Gasteiger partial charge on any atom is 0.279 e. The molecule has 0 aliphatic carbocycles. The molecule has 1 heterocycles. The third-order valence-corrected chi connectivity index (χ3v) is 4.08. The molecule has 0 aliphatic rings. The van der Waals surface area contributed by atoms with Gasteiger partial charge in [0.15, 0.2) is 0 Å². The second-order valence-electron chi connectivity index (χ2n) is 4.06. The molecule has 1 aromatic rings. The van der Waals surface area contributed by atoms with Crippen LogP contribution in [0, 0.1) is 0 Å². The molecule has 0 radical (unpaired) electrons. The average molecular weight is 287 g/mol. The summed E-state index contributed by atoms with van der Waals surface area (Å²) in [5.41, 5.74) is 0.639. The van der Waals surface area contributed by atoms with E-state index in [1.54, 1.807) is 19.3 Å². The summed E-state index contributed by atoms with van der Waals surface area (Å²) in [6.45, 7) is 4.36. The van der Waals surface area contributed by atoms with Gasteiger partial charge in [-0.3, -0.25) is 0 Å². The Morgan fingerprint density at radius 1 is 1.42 bits per heavy atom. The Morgan fingerprint density at radius 3 is 2.84 bits per heavy atom. The van der Waals surface area contributed by atoms with Gasteiger partial charge in [-0.15, -0.1) is 0 Å². The largest absolute Gasteiger partial charge is 0.317 e. The van der Waals surface area contributed by atoms with E-state index in [4.69, 9.17) is 0 Å². The van der Waals surface area contributed by atoms with E-state index in [0.717, 1.165) is 19.5 Å². The summed E-state index contributed by atoms with van der Waals surface area (Å²) in [5.74, 6) is 0. The molecule has 108 valence electrons. The van der Waals surface area contributed by atoms with Gasteiger partial charge >= 0.3 is 0 Å². The zero-order chi connectivity index (χ0) is 14.1. The summed E-state index contributed by atoms with van der Waals surface area (Å²) < 4.78 is 27.7. The van der Waals surface area contributed by atoms with Gasteiger partial charge in [0.2, 0.25) is 0 Å².